The van der Waals surface area contributed by atoms with E-state index in [2.05, 4.69) is 33.4 Å². The van der Waals surface area contributed by atoms with E-state index in [1.807, 2.05) is 69.2 Å². The predicted molar refractivity (Wildman–Crippen MR) is 414 cm³/mol. The van der Waals surface area contributed by atoms with Gasteiger partial charge in [-0.05, 0) is 265 Å². The minimum absolute atomic E-state index is 0.00400. The Morgan fingerprint density at radius 1 is 0.366 bits per heavy atom. The summed E-state index contributed by atoms with van der Waals surface area (Å²) >= 11 is 0. The van der Waals surface area contributed by atoms with E-state index in [9.17, 15) is 19.2 Å². The van der Waals surface area contributed by atoms with Crippen LogP contribution in [0, 0.1) is 76.9 Å². The number of carbonyl (C=O) groups is 4. The summed E-state index contributed by atoms with van der Waals surface area (Å²) in [7, 11) is 0. The van der Waals surface area contributed by atoms with Crippen molar-refractivity contribution in [2.24, 2.45) is 76.9 Å². The number of hydrogen-bond donors (Lipinski definition) is 0. The third kappa shape index (κ3) is 19.2. The maximum Gasteiger partial charge on any atom is 0.310 e. The summed E-state index contributed by atoms with van der Waals surface area (Å²) in [5.74, 6) is 1.46. The van der Waals surface area contributed by atoms with Gasteiger partial charge in [-0.15, -0.1) is 0 Å². The molecule has 11 saturated heterocycles. The molecule has 0 aromatic rings. The highest BCUT2D eigenvalue weighted by atomic mass is 16.9. The molecule has 8 bridgehead atoms. The molecule has 24 nitrogen and oxygen atoms in total. The Morgan fingerprint density at radius 2 is 0.750 bits per heavy atom. The SMILES string of the molecule is CC(CN1CCCCC1)C(=O)OC1(C(C)C)CCCC1.CC(CN1CCCCC1)C(=O)OC1C(C2COC(C)(C)O2)OC2OC(C)(C)OC21.CC(CN1CCCCC1)C(=O)OC1C(C2COC3(O2)C2CC4CC(C2)CC3C4)OC2OC3(OC21)C1CC2CC(C1)CC3C2.CC(CN1CCCCC1)C(=O)OCC1COC(C)(C)O1. The van der Waals surface area contributed by atoms with Crippen LogP contribution >= 0.6 is 0 Å². The average molecular weight is 1580 g/mol. The zero-order valence-electron chi connectivity index (χ0n) is 70.5. The van der Waals surface area contributed by atoms with Crippen molar-refractivity contribution >= 4 is 23.9 Å². The quantitative estimate of drug-likeness (QED) is 0.0815. The minimum Gasteiger partial charge on any atom is -0.463 e. The molecule has 11 heterocycles. The van der Waals surface area contributed by atoms with E-state index in [1.54, 1.807) is 0 Å². The molecule has 0 aromatic carbocycles. The van der Waals surface area contributed by atoms with Crippen LogP contribution < -0.4 is 0 Å². The molecule has 20 aliphatic rings. The number of fused-ring (bicyclic) bond motifs is 2. The number of nitrogens with zero attached hydrogens (tertiary/aromatic N) is 4. The summed E-state index contributed by atoms with van der Waals surface area (Å²) in [6, 6.07) is 0. The number of likely N-dealkylation sites (tertiary alicyclic amines) is 4. The smallest absolute Gasteiger partial charge is 0.310 e. The first-order valence-electron chi connectivity index (χ1n) is 45.3. The summed E-state index contributed by atoms with van der Waals surface area (Å²) in [4.78, 5) is 60.7. The molecule has 636 valence electrons. The van der Waals surface area contributed by atoms with Crippen LogP contribution in [0.2, 0.25) is 0 Å². The second-order valence-corrected chi connectivity index (χ2v) is 39.9. The van der Waals surface area contributed by atoms with Gasteiger partial charge in [-0.3, -0.25) is 19.2 Å². The van der Waals surface area contributed by atoms with Crippen molar-refractivity contribution in [2.45, 2.75) is 352 Å². The van der Waals surface area contributed by atoms with Crippen molar-refractivity contribution in [3.05, 3.63) is 0 Å². The molecule has 11 aliphatic heterocycles. The van der Waals surface area contributed by atoms with Crippen molar-refractivity contribution in [2.75, 3.05) is 105 Å². The van der Waals surface area contributed by atoms with Crippen molar-refractivity contribution in [1.29, 1.82) is 0 Å². The van der Waals surface area contributed by atoms with Crippen molar-refractivity contribution < 1.29 is 95.0 Å². The van der Waals surface area contributed by atoms with E-state index in [1.165, 1.54) is 154 Å². The Morgan fingerprint density at radius 3 is 1.17 bits per heavy atom. The van der Waals surface area contributed by atoms with E-state index in [4.69, 9.17) is 75.8 Å². The lowest BCUT2D eigenvalue weighted by Crippen LogP contribution is -2.60. The third-order valence-electron chi connectivity index (χ3n) is 29.3. The van der Waals surface area contributed by atoms with Gasteiger partial charge < -0.3 is 95.4 Å². The molecule has 20 rings (SSSR count). The Hall–Kier alpha value is -2.76. The van der Waals surface area contributed by atoms with E-state index in [0.29, 0.717) is 56.0 Å². The summed E-state index contributed by atoms with van der Waals surface area (Å²) in [5.41, 5.74) is -0.173. The van der Waals surface area contributed by atoms with E-state index < -0.39 is 78.1 Å². The lowest BCUT2D eigenvalue weighted by molar-refractivity contribution is -0.332. The maximum atomic E-state index is 13.8. The van der Waals surface area contributed by atoms with Crippen LogP contribution in [-0.2, 0) is 95.0 Å². The van der Waals surface area contributed by atoms with Gasteiger partial charge >= 0.3 is 23.9 Å². The number of rotatable bonds is 20. The molecule has 9 aliphatic carbocycles. The lowest BCUT2D eigenvalue weighted by atomic mass is 9.53. The van der Waals surface area contributed by atoms with Gasteiger partial charge in [-0.1, -0.05) is 67.2 Å². The minimum atomic E-state index is -0.781. The number of hydrogen-bond acceptors (Lipinski definition) is 24. The first-order valence-corrected chi connectivity index (χ1v) is 45.3. The van der Waals surface area contributed by atoms with Crippen LogP contribution in [0.3, 0.4) is 0 Å². The predicted octanol–water partition coefficient (Wildman–Crippen LogP) is 12.4. The van der Waals surface area contributed by atoms with Gasteiger partial charge in [0.15, 0.2) is 65.9 Å². The highest BCUT2D eigenvalue weighted by Crippen LogP contribution is 2.65. The molecule has 15 unspecified atom stereocenters. The van der Waals surface area contributed by atoms with Gasteiger partial charge in [0, 0.05) is 49.9 Å². The molecular weight excluding hydrogens is 1430 g/mol. The monoisotopic (exact) mass is 1580 g/mol. The van der Waals surface area contributed by atoms with Crippen molar-refractivity contribution in [1.82, 2.24) is 19.6 Å². The third-order valence-corrected chi connectivity index (χ3v) is 29.3. The number of carbonyl (C=O) groups excluding carboxylic acids is 4. The molecule has 20 fully saturated rings. The maximum absolute atomic E-state index is 13.8. The van der Waals surface area contributed by atoms with E-state index in [-0.39, 0.29) is 78.1 Å². The molecule has 2 spiro atoms. The number of esters is 4. The van der Waals surface area contributed by atoms with Gasteiger partial charge in [-0.25, -0.2) is 0 Å². The standard InChI is InChI=1S/C35H51NO7.C21H35NO7.C17H31NO2.C15H27NO4/c1-19(17-36-5-3-2-4-6-36)32(37)39-30-29(28-18-38-34(41-28)24-9-20-7-21(11-24)12-25(34)10-20)40-33-31(30)42-35(43-33)26-13-22-8-23(15-26)16-27(35)14-22;1-13(11-22-9-7-6-8-10-22)18(23)25-16-15(14-12-24-20(2,3)27-14)26-19-17(16)28-21(4,5)29-19;1-14(2)17(9-5-6-10-17)20-16(19)15(3)13-18-11-7-4-8-12-18;1-12(9-16-7-5-4-6-8-16)14(17)18-10-13-11-19-15(2,3)20-13/h19-31,33H,2-18H2,1H3;13-17,19H,6-12H2,1-5H3;14-15H,4-13H2,1-3H3;12-13H,4-11H2,1-3H3. The Kier molecular flexibility index (Phi) is 26.7. The van der Waals surface area contributed by atoms with Crippen LogP contribution in [0.4, 0.5) is 0 Å². The molecule has 0 N–H and O–H groups in total. The molecule has 112 heavy (non-hydrogen) atoms. The molecule has 0 radical (unpaired) electrons. The first-order chi connectivity index (χ1) is 53.6. The van der Waals surface area contributed by atoms with Gasteiger partial charge in [0.1, 0.15) is 42.7 Å². The fraction of sp³-hybridized carbons (Fsp3) is 0.955. The molecule has 24 heteroatoms. The van der Waals surface area contributed by atoms with Gasteiger partial charge in [0.2, 0.25) is 0 Å². The van der Waals surface area contributed by atoms with Crippen molar-refractivity contribution in [3.63, 3.8) is 0 Å². The second kappa shape index (κ2) is 35.5. The normalized spacial score (nSPS) is 41.6. The summed E-state index contributed by atoms with van der Waals surface area (Å²) in [6.07, 6.45) is 27.2. The van der Waals surface area contributed by atoms with Gasteiger partial charge in [-0.2, -0.15) is 0 Å². The molecular formula is C88H144N4O20. The zero-order chi connectivity index (χ0) is 78.5. The van der Waals surface area contributed by atoms with E-state index in [0.717, 1.165) is 109 Å². The highest BCUT2D eigenvalue weighted by molar-refractivity contribution is 5.74. The largest absolute Gasteiger partial charge is 0.463 e. The highest BCUT2D eigenvalue weighted by Gasteiger charge is 2.71. The van der Waals surface area contributed by atoms with Crippen LogP contribution in [0.15, 0.2) is 0 Å². The second-order valence-electron chi connectivity index (χ2n) is 39.9. The van der Waals surface area contributed by atoms with Crippen LogP contribution in [0.5, 0.6) is 0 Å². The number of piperidine rings is 4. The Bertz CT molecular complexity index is 3070. The summed E-state index contributed by atoms with van der Waals surface area (Å²) in [6.45, 7) is 36.9. The zero-order valence-corrected chi connectivity index (χ0v) is 70.5. The number of ether oxygens (including phenoxy) is 16. The van der Waals surface area contributed by atoms with Gasteiger partial charge in [0.25, 0.3) is 0 Å². The summed E-state index contributed by atoms with van der Waals surface area (Å²) < 4.78 is 99.1. The van der Waals surface area contributed by atoms with E-state index >= 15 is 0 Å². The molecule has 9 saturated carbocycles. The van der Waals surface area contributed by atoms with Crippen LogP contribution in [-0.4, -0.2) is 250 Å². The lowest BCUT2D eigenvalue weighted by Gasteiger charge is -2.58. The Balaban J connectivity index is 0.000000126. The first kappa shape index (κ1) is 84.3. The average Bonchev–Trinajstić information content (AvgIpc) is 1.52. The molecule has 15 atom stereocenters. The van der Waals surface area contributed by atoms with Crippen molar-refractivity contribution in [3.8, 4) is 0 Å². The molecule has 0 aromatic heterocycles. The van der Waals surface area contributed by atoms with Crippen LogP contribution in [0.25, 0.3) is 0 Å². The Labute approximate surface area is 669 Å². The fourth-order valence-electron chi connectivity index (χ4n) is 23.9. The fourth-order valence-corrected chi connectivity index (χ4v) is 23.9. The van der Waals surface area contributed by atoms with Gasteiger partial charge in [0.05, 0.1) is 43.5 Å². The topological polar surface area (TPSA) is 229 Å². The van der Waals surface area contributed by atoms with Crippen LogP contribution in [0.1, 0.15) is 250 Å². The summed E-state index contributed by atoms with van der Waals surface area (Å²) in [5, 5.41) is 0. The molecule has 0 amide bonds.